The highest BCUT2D eigenvalue weighted by Gasteiger charge is 2.21. The number of hydrogen-bond acceptors (Lipinski definition) is 4. The number of carbonyl (C=O) groups is 2. The van der Waals surface area contributed by atoms with Crippen LogP contribution in [0, 0.1) is 0 Å². The van der Waals surface area contributed by atoms with E-state index in [1.807, 2.05) is 6.07 Å². The summed E-state index contributed by atoms with van der Waals surface area (Å²) < 4.78 is 5.76. The van der Waals surface area contributed by atoms with Gasteiger partial charge in [0.05, 0.1) is 0 Å². The van der Waals surface area contributed by atoms with Gasteiger partial charge in [0.15, 0.2) is 6.61 Å². The molecule has 1 aliphatic heterocycles. The Bertz CT molecular complexity index is 554. The quantitative estimate of drug-likeness (QED) is 0.766. The molecule has 0 spiro atoms. The third-order valence-electron chi connectivity index (χ3n) is 4.36. The molecule has 1 aliphatic carbocycles. The first kappa shape index (κ1) is 14.8. The first-order valence-electron chi connectivity index (χ1n) is 7.84. The van der Waals surface area contributed by atoms with Crippen molar-refractivity contribution in [1.29, 1.82) is 0 Å². The summed E-state index contributed by atoms with van der Waals surface area (Å²) in [5, 5.41) is 0. The second-order valence-electron chi connectivity index (χ2n) is 5.75. The zero-order chi connectivity index (χ0) is 15.4. The van der Waals surface area contributed by atoms with E-state index in [0.29, 0.717) is 26.2 Å². The summed E-state index contributed by atoms with van der Waals surface area (Å²) in [5.41, 5.74) is 2.27. The monoisotopic (exact) mass is 303 g/mol. The van der Waals surface area contributed by atoms with E-state index in [1.165, 1.54) is 6.42 Å². The van der Waals surface area contributed by atoms with Crippen LogP contribution >= 0.6 is 0 Å². The van der Waals surface area contributed by atoms with Crippen molar-refractivity contribution in [1.82, 2.24) is 14.8 Å². The molecule has 1 fully saturated rings. The molecule has 1 aromatic heterocycles. The fraction of sp³-hybridized carbons (Fsp3) is 0.562. The minimum Gasteiger partial charge on any atom is -0.483 e. The number of fused-ring (bicyclic) bond motifs is 1. The number of piperazine rings is 1. The van der Waals surface area contributed by atoms with Gasteiger partial charge in [-0.15, -0.1) is 0 Å². The molecule has 2 heterocycles. The fourth-order valence-corrected chi connectivity index (χ4v) is 3.04. The van der Waals surface area contributed by atoms with Gasteiger partial charge >= 0.3 is 0 Å². The summed E-state index contributed by atoms with van der Waals surface area (Å²) >= 11 is 0. The average Bonchev–Trinajstić information content (AvgIpc) is 2.59. The van der Waals surface area contributed by atoms with Gasteiger partial charge in [-0.3, -0.25) is 14.6 Å². The maximum atomic E-state index is 12.2. The van der Waals surface area contributed by atoms with Crippen LogP contribution in [0.1, 0.15) is 24.1 Å². The summed E-state index contributed by atoms with van der Waals surface area (Å²) in [6, 6.07) is 1.85. The summed E-state index contributed by atoms with van der Waals surface area (Å²) in [6.45, 7) is 2.40. The number of hydrogen-bond donors (Lipinski definition) is 0. The van der Waals surface area contributed by atoms with Crippen molar-refractivity contribution in [2.75, 3.05) is 32.8 Å². The number of ether oxygens (including phenoxy) is 1. The number of amides is 2. The second-order valence-corrected chi connectivity index (χ2v) is 5.75. The summed E-state index contributed by atoms with van der Waals surface area (Å²) in [7, 11) is 0. The second kappa shape index (κ2) is 6.77. The lowest BCUT2D eigenvalue weighted by atomic mass is 9.95. The number of pyridine rings is 1. The molecule has 2 amide bonds. The van der Waals surface area contributed by atoms with Gasteiger partial charge in [0, 0.05) is 43.6 Å². The molecule has 22 heavy (non-hydrogen) atoms. The zero-order valence-corrected chi connectivity index (χ0v) is 12.7. The number of aromatic nitrogens is 1. The predicted octanol–water partition coefficient (Wildman–Crippen LogP) is 0.640. The lowest BCUT2D eigenvalue weighted by Gasteiger charge is -2.32. The number of nitrogens with zero attached hydrogens (tertiary/aromatic N) is 3. The van der Waals surface area contributed by atoms with Crippen LogP contribution in [0.25, 0.3) is 0 Å². The molecule has 0 atom stereocenters. The molecule has 6 heteroatoms. The van der Waals surface area contributed by atoms with Crippen LogP contribution in [-0.2, 0) is 22.4 Å². The smallest absolute Gasteiger partial charge is 0.260 e. The van der Waals surface area contributed by atoms with Crippen molar-refractivity contribution in [2.24, 2.45) is 0 Å². The Morgan fingerprint density at radius 1 is 1.23 bits per heavy atom. The minimum atomic E-state index is -0.0214. The molecular weight excluding hydrogens is 282 g/mol. The molecule has 2 aliphatic rings. The van der Waals surface area contributed by atoms with Crippen LogP contribution in [-0.4, -0.2) is 59.9 Å². The summed E-state index contributed by atoms with van der Waals surface area (Å²) in [5.74, 6) is 0.775. The van der Waals surface area contributed by atoms with Crippen molar-refractivity contribution in [3.8, 4) is 5.75 Å². The largest absolute Gasteiger partial charge is 0.483 e. The van der Waals surface area contributed by atoms with E-state index in [4.69, 9.17) is 4.74 Å². The number of carbonyl (C=O) groups excluding carboxylic acids is 2. The molecule has 1 saturated heterocycles. The Balaban J connectivity index is 1.56. The molecular formula is C16H21N3O3. The minimum absolute atomic E-state index is 0.0214. The maximum absolute atomic E-state index is 12.2. The zero-order valence-electron chi connectivity index (χ0n) is 12.7. The van der Waals surface area contributed by atoms with Crippen LogP contribution in [0.15, 0.2) is 12.3 Å². The molecule has 6 nitrogen and oxygen atoms in total. The molecule has 1 aromatic rings. The average molecular weight is 303 g/mol. The molecule has 0 N–H and O–H groups in total. The first-order valence-corrected chi connectivity index (χ1v) is 7.84. The van der Waals surface area contributed by atoms with E-state index in [9.17, 15) is 9.59 Å². The highest BCUT2D eigenvalue weighted by Crippen LogP contribution is 2.27. The lowest BCUT2D eigenvalue weighted by Crippen LogP contribution is -2.49. The molecule has 0 radical (unpaired) electrons. The maximum Gasteiger partial charge on any atom is 0.260 e. The Morgan fingerprint density at radius 3 is 2.77 bits per heavy atom. The van der Waals surface area contributed by atoms with E-state index < -0.39 is 0 Å². The Morgan fingerprint density at radius 2 is 2.00 bits per heavy atom. The van der Waals surface area contributed by atoms with Gasteiger partial charge in [-0.25, -0.2) is 0 Å². The topological polar surface area (TPSA) is 62.7 Å². The molecule has 0 aromatic carbocycles. The fourth-order valence-electron chi connectivity index (χ4n) is 3.04. The van der Waals surface area contributed by atoms with Gasteiger partial charge in [-0.05, 0) is 31.7 Å². The van der Waals surface area contributed by atoms with Crippen molar-refractivity contribution < 1.29 is 14.3 Å². The van der Waals surface area contributed by atoms with Crippen LogP contribution in [0.5, 0.6) is 5.75 Å². The molecule has 118 valence electrons. The Kier molecular flexibility index (Phi) is 4.56. The lowest BCUT2D eigenvalue weighted by molar-refractivity contribution is -0.137. The summed E-state index contributed by atoms with van der Waals surface area (Å²) in [6.07, 6.45) is 6.88. The Labute approximate surface area is 130 Å². The molecule has 3 rings (SSSR count). The Hall–Kier alpha value is -2.11. The molecule has 0 unspecified atom stereocenters. The molecule has 0 bridgehead atoms. The standard InChI is InChI=1S/C16H21N3O3/c20-12-18-7-9-19(10-8-18)16(21)11-22-15-5-6-17-14-4-2-1-3-13(14)15/h5-6,12H,1-4,7-11H2. The third-order valence-corrected chi connectivity index (χ3v) is 4.36. The van der Waals surface area contributed by atoms with Crippen molar-refractivity contribution in [3.05, 3.63) is 23.5 Å². The van der Waals surface area contributed by atoms with Crippen LogP contribution in [0.2, 0.25) is 0 Å². The third kappa shape index (κ3) is 3.21. The van der Waals surface area contributed by atoms with Crippen LogP contribution in [0.3, 0.4) is 0 Å². The van der Waals surface area contributed by atoms with Gasteiger partial charge in [-0.1, -0.05) is 0 Å². The SMILES string of the molecule is O=CN1CCN(C(=O)COc2ccnc3c2CCCC3)CC1. The van der Waals surface area contributed by atoms with Crippen LogP contribution < -0.4 is 4.74 Å². The van der Waals surface area contributed by atoms with E-state index in [1.54, 1.807) is 16.0 Å². The van der Waals surface area contributed by atoms with Gasteiger partial charge in [0.1, 0.15) is 5.75 Å². The number of aryl methyl sites for hydroxylation is 1. The highest BCUT2D eigenvalue weighted by atomic mass is 16.5. The van der Waals surface area contributed by atoms with E-state index in [-0.39, 0.29) is 12.5 Å². The summed E-state index contributed by atoms with van der Waals surface area (Å²) in [4.78, 5) is 30.7. The van der Waals surface area contributed by atoms with E-state index >= 15 is 0 Å². The van der Waals surface area contributed by atoms with E-state index in [0.717, 1.165) is 42.7 Å². The van der Waals surface area contributed by atoms with Crippen molar-refractivity contribution in [2.45, 2.75) is 25.7 Å². The van der Waals surface area contributed by atoms with Crippen molar-refractivity contribution in [3.63, 3.8) is 0 Å². The first-order chi connectivity index (χ1) is 10.8. The number of rotatable bonds is 4. The van der Waals surface area contributed by atoms with Gasteiger partial charge in [-0.2, -0.15) is 0 Å². The normalized spacial score (nSPS) is 17.8. The van der Waals surface area contributed by atoms with Crippen molar-refractivity contribution >= 4 is 12.3 Å². The van der Waals surface area contributed by atoms with Gasteiger partial charge in [0.2, 0.25) is 6.41 Å². The van der Waals surface area contributed by atoms with Gasteiger partial charge in [0.25, 0.3) is 5.91 Å². The molecule has 0 saturated carbocycles. The van der Waals surface area contributed by atoms with Crippen LogP contribution in [0.4, 0.5) is 0 Å². The van der Waals surface area contributed by atoms with Gasteiger partial charge < -0.3 is 14.5 Å². The highest BCUT2D eigenvalue weighted by molar-refractivity contribution is 5.78. The predicted molar refractivity (Wildman–Crippen MR) is 80.6 cm³/mol. The van der Waals surface area contributed by atoms with E-state index in [2.05, 4.69) is 4.98 Å².